The summed E-state index contributed by atoms with van der Waals surface area (Å²) in [5, 5.41) is 8.48. The Hall–Kier alpha value is -2.86. The number of ether oxygens (including phenoxy) is 1. The van der Waals surface area contributed by atoms with Crippen LogP contribution in [0.3, 0.4) is 0 Å². The molecule has 1 aliphatic rings. The minimum atomic E-state index is -1.03. The Kier molecular flexibility index (Phi) is 5.53. The highest BCUT2D eigenvalue weighted by Gasteiger charge is 2.24. The summed E-state index contributed by atoms with van der Waals surface area (Å²) in [4.78, 5) is 24.3. The smallest absolute Gasteiger partial charge is 0.303 e. The Labute approximate surface area is 173 Å². The number of halogens is 1. The zero-order valence-corrected chi connectivity index (χ0v) is 16.9. The molecular weight excluding hydrogens is 390 g/mol. The van der Waals surface area contributed by atoms with Crippen LogP contribution in [0.15, 0.2) is 48.5 Å². The minimum Gasteiger partial charge on any atom is -0.447 e. The molecule has 1 aliphatic carbocycles. The molecule has 1 aromatic heterocycles. The van der Waals surface area contributed by atoms with E-state index < -0.39 is 18.0 Å². The number of fused-ring (bicyclic) bond motifs is 1. The van der Waals surface area contributed by atoms with Crippen molar-refractivity contribution in [2.24, 2.45) is 5.92 Å². The lowest BCUT2D eigenvalue weighted by molar-refractivity contribution is -0.152. The fourth-order valence-electron chi connectivity index (χ4n) is 3.55. The molecule has 0 bridgehead atoms. The van der Waals surface area contributed by atoms with Gasteiger partial charge < -0.3 is 10.1 Å². The van der Waals surface area contributed by atoms with E-state index in [0.29, 0.717) is 22.3 Å². The zero-order valence-electron chi connectivity index (χ0n) is 16.1. The third-order valence-corrected chi connectivity index (χ3v) is 5.53. The summed E-state index contributed by atoms with van der Waals surface area (Å²) in [5.41, 5.74) is 2.12. The molecule has 1 N–H and O–H groups in total. The Balaban J connectivity index is 1.56. The van der Waals surface area contributed by atoms with Crippen molar-refractivity contribution in [3.05, 3.63) is 59.2 Å². The van der Waals surface area contributed by atoms with E-state index in [1.807, 2.05) is 22.9 Å². The number of benzene rings is 2. The van der Waals surface area contributed by atoms with Crippen molar-refractivity contribution in [3.63, 3.8) is 0 Å². The van der Waals surface area contributed by atoms with Crippen molar-refractivity contribution < 1.29 is 14.3 Å². The van der Waals surface area contributed by atoms with Gasteiger partial charge in [0.2, 0.25) is 6.10 Å². The molecule has 0 radical (unpaired) electrons. The van der Waals surface area contributed by atoms with E-state index in [1.165, 1.54) is 26.2 Å². The van der Waals surface area contributed by atoms with Gasteiger partial charge in [0, 0.05) is 30.1 Å². The van der Waals surface area contributed by atoms with Gasteiger partial charge in [0.05, 0.1) is 5.52 Å². The summed E-state index contributed by atoms with van der Waals surface area (Å²) in [7, 11) is 0. The van der Waals surface area contributed by atoms with Crippen LogP contribution in [0, 0.1) is 5.92 Å². The molecule has 1 unspecified atom stereocenters. The number of carbonyl (C=O) groups excluding carboxylic acids is 2. The van der Waals surface area contributed by atoms with Gasteiger partial charge in [0.25, 0.3) is 5.91 Å². The SMILES string of the molecule is CC(=O)OC(C(=O)Nc1ccc2c(c1)c(Cl)nn2CC1CCC1)c1ccccc1. The maximum Gasteiger partial charge on any atom is 0.303 e. The third-order valence-electron chi connectivity index (χ3n) is 5.25. The van der Waals surface area contributed by atoms with E-state index in [4.69, 9.17) is 16.3 Å². The van der Waals surface area contributed by atoms with E-state index in [2.05, 4.69) is 10.4 Å². The van der Waals surface area contributed by atoms with Gasteiger partial charge in [0.1, 0.15) is 0 Å². The quantitative estimate of drug-likeness (QED) is 0.595. The first-order valence-corrected chi connectivity index (χ1v) is 10.1. The van der Waals surface area contributed by atoms with Gasteiger partial charge in [-0.15, -0.1) is 0 Å². The zero-order chi connectivity index (χ0) is 20.4. The first kappa shape index (κ1) is 19.5. The summed E-state index contributed by atoms with van der Waals surface area (Å²) in [5.74, 6) is -0.294. The minimum absolute atomic E-state index is 0.412. The highest BCUT2D eigenvalue weighted by molar-refractivity contribution is 6.34. The predicted molar refractivity (Wildman–Crippen MR) is 112 cm³/mol. The maximum atomic E-state index is 12.8. The Bertz CT molecular complexity index is 1040. The largest absolute Gasteiger partial charge is 0.447 e. The van der Waals surface area contributed by atoms with Crippen LogP contribution in [0.1, 0.15) is 37.9 Å². The summed E-state index contributed by atoms with van der Waals surface area (Å²) < 4.78 is 7.20. The second-order valence-electron chi connectivity index (χ2n) is 7.39. The normalized spacial score (nSPS) is 15.0. The lowest BCUT2D eigenvalue weighted by Gasteiger charge is -2.25. The number of aromatic nitrogens is 2. The Morgan fingerprint density at radius 1 is 1.24 bits per heavy atom. The Morgan fingerprint density at radius 3 is 2.66 bits per heavy atom. The molecular formula is C22H22ClN3O3. The summed E-state index contributed by atoms with van der Waals surface area (Å²) in [6.07, 6.45) is 2.70. The molecule has 6 nitrogen and oxygen atoms in total. The monoisotopic (exact) mass is 411 g/mol. The summed E-state index contributed by atoms with van der Waals surface area (Å²) >= 11 is 6.34. The molecule has 1 heterocycles. The molecule has 0 spiro atoms. The molecule has 2 aromatic carbocycles. The molecule has 3 aromatic rings. The lowest BCUT2D eigenvalue weighted by atomic mass is 9.85. The van der Waals surface area contributed by atoms with Gasteiger partial charge in [-0.2, -0.15) is 5.10 Å². The Morgan fingerprint density at radius 2 is 2.00 bits per heavy atom. The van der Waals surface area contributed by atoms with Gasteiger partial charge in [-0.1, -0.05) is 48.4 Å². The maximum absolute atomic E-state index is 12.8. The molecule has 4 rings (SSSR count). The van der Waals surface area contributed by atoms with Crippen LogP contribution in [0.4, 0.5) is 5.69 Å². The molecule has 1 fully saturated rings. The molecule has 0 aliphatic heterocycles. The van der Waals surface area contributed by atoms with Crippen molar-refractivity contribution >= 4 is 40.1 Å². The van der Waals surface area contributed by atoms with Gasteiger partial charge in [-0.3, -0.25) is 14.3 Å². The number of amides is 1. The van der Waals surface area contributed by atoms with E-state index in [0.717, 1.165) is 17.4 Å². The standard InChI is InChI=1S/C22H22ClN3O3/c1-14(27)29-20(16-8-3-2-4-9-16)22(28)24-17-10-11-19-18(12-17)21(23)25-26(19)13-15-6-5-7-15/h2-4,8-12,15,20H,5-7,13H2,1H3,(H,24,28). The number of hydrogen-bond donors (Lipinski definition) is 1. The van der Waals surface area contributed by atoms with Gasteiger partial charge in [0.15, 0.2) is 5.15 Å². The van der Waals surface area contributed by atoms with Gasteiger partial charge in [-0.25, -0.2) is 0 Å². The van der Waals surface area contributed by atoms with E-state index in [9.17, 15) is 9.59 Å². The molecule has 1 atom stereocenters. The van der Waals surface area contributed by atoms with Crippen LogP contribution in [-0.4, -0.2) is 21.7 Å². The molecule has 1 amide bonds. The van der Waals surface area contributed by atoms with Crippen molar-refractivity contribution in [2.75, 3.05) is 5.32 Å². The van der Waals surface area contributed by atoms with Gasteiger partial charge in [-0.05, 0) is 37.0 Å². The predicted octanol–water partition coefficient (Wildman–Crippen LogP) is 4.73. The number of rotatable bonds is 6. The van der Waals surface area contributed by atoms with Crippen LogP contribution in [0.5, 0.6) is 0 Å². The number of hydrogen-bond acceptors (Lipinski definition) is 4. The highest BCUT2D eigenvalue weighted by atomic mass is 35.5. The molecule has 0 saturated heterocycles. The fourth-order valence-corrected chi connectivity index (χ4v) is 3.79. The van der Waals surface area contributed by atoms with Crippen molar-refractivity contribution in [1.82, 2.24) is 9.78 Å². The molecule has 7 heteroatoms. The molecule has 150 valence electrons. The summed E-state index contributed by atoms with van der Waals surface area (Å²) in [6.45, 7) is 2.14. The number of carbonyl (C=O) groups is 2. The van der Waals surface area contributed by atoms with E-state index in [-0.39, 0.29) is 0 Å². The van der Waals surface area contributed by atoms with Gasteiger partial charge >= 0.3 is 5.97 Å². The molecule has 29 heavy (non-hydrogen) atoms. The number of anilines is 1. The first-order valence-electron chi connectivity index (χ1n) is 9.70. The second kappa shape index (κ2) is 8.25. The van der Waals surface area contributed by atoms with Crippen molar-refractivity contribution in [2.45, 2.75) is 38.8 Å². The second-order valence-corrected chi connectivity index (χ2v) is 7.75. The first-order chi connectivity index (χ1) is 14.0. The van der Waals surface area contributed by atoms with Crippen LogP contribution in [0.2, 0.25) is 5.15 Å². The number of nitrogens with one attached hydrogen (secondary N) is 1. The average molecular weight is 412 g/mol. The lowest BCUT2D eigenvalue weighted by Crippen LogP contribution is -2.25. The van der Waals surface area contributed by atoms with Crippen LogP contribution >= 0.6 is 11.6 Å². The van der Waals surface area contributed by atoms with Crippen molar-refractivity contribution in [3.8, 4) is 0 Å². The van der Waals surface area contributed by atoms with Crippen molar-refractivity contribution in [1.29, 1.82) is 0 Å². The van der Waals surface area contributed by atoms with Crippen LogP contribution in [0.25, 0.3) is 10.9 Å². The summed E-state index contributed by atoms with van der Waals surface area (Å²) in [6, 6.07) is 14.4. The third kappa shape index (κ3) is 4.27. The highest BCUT2D eigenvalue weighted by Crippen LogP contribution is 2.32. The van der Waals surface area contributed by atoms with Crippen LogP contribution in [-0.2, 0) is 20.9 Å². The topological polar surface area (TPSA) is 73.2 Å². The van der Waals surface area contributed by atoms with E-state index in [1.54, 1.807) is 30.3 Å². The van der Waals surface area contributed by atoms with Crippen LogP contribution < -0.4 is 5.32 Å². The average Bonchev–Trinajstić information content (AvgIpc) is 2.98. The number of esters is 1. The number of nitrogens with zero attached hydrogens (tertiary/aromatic N) is 2. The molecule has 1 saturated carbocycles. The fraction of sp³-hybridized carbons (Fsp3) is 0.318. The van der Waals surface area contributed by atoms with E-state index >= 15 is 0 Å².